The summed E-state index contributed by atoms with van der Waals surface area (Å²) in [6, 6.07) is 7.52. The van der Waals surface area contributed by atoms with E-state index in [1.165, 1.54) is 16.9 Å². The molecule has 4 rings (SSSR count). The van der Waals surface area contributed by atoms with Crippen LogP contribution in [0.5, 0.6) is 0 Å². The van der Waals surface area contributed by atoms with E-state index in [4.69, 9.17) is 0 Å². The highest BCUT2D eigenvalue weighted by molar-refractivity contribution is 6.04. The van der Waals surface area contributed by atoms with Crippen molar-refractivity contribution in [2.45, 2.75) is 31.9 Å². The molecular weight excluding hydrogens is 371 g/mol. The molecule has 0 saturated heterocycles. The largest absolute Gasteiger partial charge is 0.435 e. The fraction of sp³-hybridized carbons (Fsp3) is 0.263. The highest BCUT2D eigenvalue weighted by Gasteiger charge is 2.38. The number of halogens is 3. The highest BCUT2D eigenvalue weighted by atomic mass is 19.4. The standard InChI is InChI=1S/C19H16F3N5O/c1-11-14(3-2-8-23-11)18(28)25-13-6-7-17(24-10-13)27-15(12-4-5-12)9-16(26-27)19(20,21)22/h2-3,6-10,12H,4-5H2,1H3,(H,25,28). The topological polar surface area (TPSA) is 72.7 Å². The Hall–Kier alpha value is -3.23. The van der Waals surface area contributed by atoms with Crippen LogP contribution >= 0.6 is 0 Å². The Morgan fingerprint density at radius 2 is 2.00 bits per heavy atom. The van der Waals surface area contributed by atoms with Crippen LogP contribution in [-0.4, -0.2) is 25.7 Å². The molecule has 6 nitrogen and oxygen atoms in total. The van der Waals surface area contributed by atoms with Crippen molar-refractivity contribution < 1.29 is 18.0 Å². The molecule has 0 unspecified atom stereocenters. The minimum Gasteiger partial charge on any atom is -0.321 e. The number of nitrogens with zero attached hydrogens (tertiary/aromatic N) is 4. The predicted octanol–water partition coefficient (Wildman–Crippen LogP) is 4.12. The van der Waals surface area contributed by atoms with Gasteiger partial charge >= 0.3 is 6.18 Å². The van der Waals surface area contributed by atoms with Crippen molar-refractivity contribution in [3.05, 3.63) is 65.4 Å². The van der Waals surface area contributed by atoms with Crippen LogP contribution in [0.15, 0.2) is 42.7 Å². The first-order valence-corrected chi connectivity index (χ1v) is 8.69. The number of pyridine rings is 2. The van der Waals surface area contributed by atoms with E-state index in [0.29, 0.717) is 22.6 Å². The van der Waals surface area contributed by atoms with E-state index in [0.717, 1.165) is 18.9 Å². The van der Waals surface area contributed by atoms with Gasteiger partial charge in [-0.25, -0.2) is 9.67 Å². The van der Waals surface area contributed by atoms with Crippen LogP contribution in [0.2, 0.25) is 0 Å². The lowest BCUT2D eigenvalue weighted by molar-refractivity contribution is -0.141. The highest BCUT2D eigenvalue weighted by Crippen LogP contribution is 2.42. The normalized spacial score (nSPS) is 14.1. The fourth-order valence-corrected chi connectivity index (χ4v) is 2.90. The molecule has 3 aromatic heterocycles. The van der Waals surface area contributed by atoms with Crippen LogP contribution < -0.4 is 5.32 Å². The van der Waals surface area contributed by atoms with Crippen molar-refractivity contribution in [2.24, 2.45) is 0 Å². The van der Waals surface area contributed by atoms with Crippen molar-refractivity contribution in [1.29, 1.82) is 0 Å². The zero-order chi connectivity index (χ0) is 19.9. The Morgan fingerprint density at radius 3 is 2.61 bits per heavy atom. The SMILES string of the molecule is Cc1ncccc1C(=O)Nc1ccc(-n2nc(C(F)(F)F)cc2C2CC2)nc1. The van der Waals surface area contributed by atoms with Gasteiger partial charge in [-0.2, -0.15) is 18.3 Å². The minimum atomic E-state index is -4.51. The molecule has 9 heteroatoms. The van der Waals surface area contributed by atoms with Crippen LogP contribution in [0.3, 0.4) is 0 Å². The molecule has 3 heterocycles. The molecule has 0 aliphatic heterocycles. The number of aryl methyl sites for hydroxylation is 1. The van der Waals surface area contributed by atoms with E-state index in [1.54, 1.807) is 31.3 Å². The van der Waals surface area contributed by atoms with Crippen LogP contribution in [0.4, 0.5) is 18.9 Å². The van der Waals surface area contributed by atoms with Crippen molar-refractivity contribution >= 4 is 11.6 Å². The van der Waals surface area contributed by atoms with Crippen molar-refractivity contribution in [1.82, 2.24) is 19.7 Å². The van der Waals surface area contributed by atoms with Crippen molar-refractivity contribution in [2.75, 3.05) is 5.32 Å². The van der Waals surface area contributed by atoms with Crippen molar-refractivity contribution in [3.63, 3.8) is 0 Å². The summed E-state index contributed by atoms with van der Waals surface area (Å²) in [4.78, 5) is 20.6. The number of alkyl halides is 3. The van der Waals surface area contributed by atoms with Gasteiger partial charge < -0.3 is 5.32 Å². The molecule has 1 amide bonds. The number of amides is 1. The molecule has 28 heavy (non-hydrogen) atoms. The second kappa shape index (κ2) is 6.74. The molecule has 1 fully saturated rings. The quantitative estimate of drug-likeness (QED) is 0.731. The summed E-state index contributed by atoms with van der Waals surface area (Å²) in [7, 11) is 0. The number of rotatable bonds is 4. The Bertz CT molecular complexity index is 1020. The third kappa shape index (κ3) is 3.60. The minimum absolute atomic E-state index is 0.0679. The van der Waals surface area contributed by atoms with E-state index >= 15 is 0 Å². The lowest BCUT2D eigenvalue weighted by atomic mass is 10.2. The lowest BCUT2D eigenvalue weighted by Gasteiger charge is -2.09. The van der Waals surface area contributed by atoms with Gasteiger partial charge in [0.25, 0.3) is 5.91 Å². The Balaban J connectivity index is 1.58. The summed E-state index contributed by atoms with van der Waals surface area (Å²) in [6.45, 7) is 1.73. The number of aromatic nitrogens is 4. The summed E-state index contributed by atoms with van der Waals surface area (Å²) in [5.41, 5.74) is 1.02. The molecule has 144 valence electrons. The van der Waals surface area contributed by atoms with Crippen LogP contribution in [-0.2, 0) is 6.18 Å². The molecular formula is C19H16F3N5O. The predicted molar refractivity (Wildman–Crippen MR) is 95.3 cm³/mol. The van der Waals surface area contributed by atoms with Crippen LogP contribution in [0, 0.1) is 6.92 Å². The van der Waals surface area contributed by atoms with Crippen LogP contribution in [0.25, 0.3) is 5.82 Å². The summed E-state index contributed by atoms with van der Waals surface area (Å²) >= 11 is 0. The lowest BCUT2D eigenvalue weighted by Crippen LogP contribution is -2.14. The van der Waals surface area contributed by atoms with E-state index in [9.17, 15) is 18.0 Å². The number of carbonyl (C=O) groups excluding carboxylic acids is 1. The van der Waals surface area contributed by atoms with E-state index in [-0.39, 0.29) is 17.6 Å². The Kier molecular flexibility index (Phi) is 4.37. The van der Waals surface area contributed by atoms with Crippen molar-refractivity contribution in [3.8, 4) is 5.82 Å². The molecule has 0 aromatic carbocycles. The van der Waals surface area contributed by atoms with Gasteiger partial charge in [-0.3, -0.25) is 9.78 Å². The maximum absolute atomic E-state index is 13.0. The molecule has 1 aliphatic carbocycles. The molecule has 1 N–H and O–H groups in total. The number of anilines is 1. The molecule has 1 aliphatic rings. The molecule has 0 bridgehead atoms. The Morgan fingerprint density at radius 1 is 1.21 bits per heavy atom. The third-order valence-corrected chi connectivity index (χ3v) is 4.50. The summed E-state index contributed by atoms with van der Waals surface area (Å²) in [5, 5.41) is 6.40. The summed E-state index contributed by atoms with van der Waals surface area (Å²) < 4.78 is 40.3. The average molecular weight is 387 g/mol. The van der Waals surface area contributed by atoms with E-state index in [2.05, 4.69) is 20.4 Å². The maximum Gasteiger partial charge on any atom is 0.435 e. The van der Waals surface area contributed by atoms with Gasteiger partial charge in [-0.05, 0) is 50.1 Å². The van der Waals surface area contributed by atoms with Gasteiger partial charge in [0.1, 0.15) is 0 Å². The van der Waals surface area contributed by atoms with Gasteiger partial charge in [0.05, 0.1) is 17.4 Å². The second-order valence-corrected chi connectivity index (χ2v) is 6.63. The first-order chi connectivity index (χ1) is 13.3. The van der Waals surface area contributed by atoms with E-state index < -0.39 is 11.9 Å². The van der Waals surface area contributed by atoms with Gasteiger partial charge in [0.15, 0.2) is 11.5 Å². The second-order valence-electron chi connectivity index (χ2n) is 6.63. The smallest absolute Gasteiger partial charge is 0.321 e. The molecule has 0 radical (unpaired) electrons. The fourth-order valence-electron chi connectivity index (χ4n) is 2.90. The zero-order valence-electron chi connectivity index (χ0n) is 14.9. The third-order valence-electron chi connectivity index (χ3n) is 4.50. The first-order valence-electron chi connectivity index (χ1n) is 8.69. The molecule has 3 aromatic rings. The van der Waals surface area contributed by atoms with E-state index in [1.807, 2.05) is 0 Å². The van der Waals surface area contributed by atoms with Gasteiger partial charge in [0, 0.05) is 23.5 Å². The van der Waals surface area contributed by atoms with Gasteiger partial charge in [0.2, 0.25) is 0 Å². The number of hydrogen-bond donors (Lipinski definition) is 1. The molecule has 0 atom stereocenters. The van der Waals surface area contributed by atoms with Gasteiger partial charge in [-0.15, -0.1) is 0 Å². The average Bonchev–Trinajstić information content (AvgIpc) is 3.39. The van der Waals surface area contributed by atoms with Gasteiger partial charge in [-0.1, -0.05) is 0 Å². The monoisotopic (exact) mass is 387 g/mol. The molecule has 0 spiro atoms. The number of carbonyl (C=O) groups is 1. The maximum atomic E-state index is 13.0. The summed E-state index contributed by atoms with van der Waals surface area (Å²) in [6.07, 6.45) is 0.150. The number of nitrogens with one attached hydrogen (secondary N) is 1. The van der Waals surface area contributed by atoms with Crippen LogP contribution in [0.1, 0.15) is 46.2 Å². The zero-order valence-corrected chi connectivity index (χ0v) is 14.9. The first kappa shape index (κ1) is 18.1. The molecule has 1 saturated carbocycles. The number of hydrogen-bond acceptors (Lipinski definition) is 4. The Labute approximate surface area is 158 Å². The summed E-state index contributed by atoms with van der Waals surface area (Å²) in [5.74, 6) is 0.00330.